The maximum atomic E-state index is 13.6. The third kappa shape index (κ3) is 3.73. The van der Waals surface area contributed by atoms with Crippen molar-refractivity contribution in [1.82, 2.24) is 15.1 Å². The number of methoxy groups -OCH3 is 1. The standard InChI is InChI=1S/C26H27FN4O3/c1-17-13-18(3-6-22(17)27)24(32)30-10-7-26(8-11-30)9-12-31(25(26)33)20-4-5-21(23(14-20)34-2)19-15-28-29-16-19/h3-6,13-16H,7-12H2,1-2H3,(H,28,29). The SMILES string of the molecule is COc1cc(N2CCC3(CCN(C(=O)c4ccc(F)c(C)c4)CC3)C2=O)ccc1-c1cn[nH]c1. The Kier molecular flexibility index (Phi) is 5.59. The van der Waals surface area contributed by atoms with Crippen molar-refractivity contribution in [3.8, 4) is 16.9 Å². The molecule has 176 valence electrons. The average Bonchev–Trinajstić information content (AvgIpc) is 3.50. The van der Waals surface area contributed by atoms with Crippen LogP contribution in [0.3, 0.4) is 0 Å². The number of halogens is 1. The molecule has 2 saturated heterocycles. The highest BCUT2D eigenvalue weighted by Crippen LogP contribution is 2.44. The summed E-state index contributed by atoms with van der Waals surface area (Å²) in [5.74, 6) is 0.359. The molecule has 0 aliphatic carbocycles. The lowest BCUT2D eigenvalue weighted by molar-refractivity contribution is -0.127. The number of piperidine rings is 1. The minimum atomic E-state index is -0.452. The quantitative estimate of drug-likeness (QED) is 0.631. The van der Waals surface area contributed by atoms with Crippen molar-refractivity contribution in [3.63, 3.8) is 0 Å². The van der Waals surface area contributed by atoms with Gasteiger partial charge in [0.1, 0.15) is 11.6 Å². The summed E-state index contributed by atoms with van der Waals surface area (Å²) >= 11 is 0. The maximum absolute atomic E-state index is 13.6. The molecule has 8 heteroatoms. The molecular formula is C26H27FN4O3. The molecule has 0 saturated carbocycles. The third-order valence-corrected chi connectivity index (χ3v) is 7.23. The van der Waals surface area contributed by atoms with Gasteiger partial charge in [0, 0.05) is 54.3 Å². The summed E-state index contributed by atoms with van der Waals surface area (Å²) in [6.45, 7) is 3.31. The molecule has 2 amide bonds. The molecule has 0 unspecified atom stereocenters. The molecule has 0 bridgehead atoms. The lowest BCUT2D eigenvalue weighted by atomic mass is 9.77. The zero-order valence-electron chi connectivity index (χ0n) is 19.3. The van der Waals surface area contributed by atoms with Gasteiger partial charge in [-0.25, -0.2) is 4.39 Å². The second kappa shape index (κ2) is 8.59. The van der Waals surface area contributed by atoms with E-state index in [9.17, 15) is 14.0 Å². The van der Waals surface area contributed by atoms with Crippen molar-refractivity contribution in [2.24, 2.45) is 5.41 Å². The fourth-order valence-corrected chi connectivity index (χ4v) is 5.11. The molecule has 0 atom stereocenters. The number of hydrogen-bond acceptors (Lipinski definition) is 4. The van der Waals surface area contributed by atoms with E-state index in [1.54, 1.807) is 37.4 Å². The predicted molar refractivity (Wildman–Crippen MR) is 126 cm³/mol. The first-order valence-corrected chi connectivity index (χ1v) is 11.5. The number of nitrogens with one attached hydrogen (secondary N) is 1. The van der Waals surface area contributed by atoms with Crippen LogP contribution in [0.15, 0.2) is 48.8 Å². The Labute approximate surface area is 197 Å². The van der Waals surface area contributed by atoms with Gasteiger partial charge in [0.2, 0.25) is 5.91 Å². The van der Waals surface area contributed by atoms with Crippen LogP contribution in [0.1, 0.15) is 35.2 Å². The predicted octanol–water partition coefficient (Wildman–Crippen LogP) is 4.19. The lowest BCUT2D eigenvalue weighted by Crippen LogP contribution is -2.46. The van der Waals surface area contributed by atoms with Crippen LogP contribution in [-0.2, 0) is 4.79 Å². The second-order valence-electron chi connectivity index (χ2n) is 9.11. The first kappa shape index (κ1) is 22.1. The number of carbonyl (C=O) groups is 2. The fourth-order valence-electron chi connectivity index (χ4n) is 5.11. The van der Waals surface area contributed by atoms with Crippen LogP contribution in [0.25, 0.3) is 11.1 Å². The number of hydrogen-bond donors (Lipinski definition) is 1. The number of nitrogens with zero attached hydrogens (tertiary/aromatic N) is 3. The Hall–Kier alpha value is -3.68. The number of benzene rings is 2. The van der Waals surface area contributed by atoms with E-state index in [-0.39, 0.29) is 17.6 Å². The number of likely N-dealkylation sites (tertiary alicyclic amines) is 1. The molecule has 2 aliphatic rings. The topological polar surface area (TPSA) is 78.5 Å². The van der Waals surface area contributed by atoms with Gasteiger partial charge in [-0.3, -0.25) is 14.7 Å². The van der Waals surface area contributed by atoms with E-state index in [1.165, 1.54) is 12.1 Å². The van der Waals surface area contributed by atoms with Gasteiger partial charge in [-0.2, -0.15) is 5.10 Å². The van der Waals surface area contributed by atoms with Crippen molar-refractivity contribution >= 4 is 17.5 Å². The zero-order valence-corrected chi connectivity index (χ0v) is 19.3. The molecule has 3 heterocycles. The Bertz CT molecular complexity index is 1230. The molecule has 2 aromatic carbocycles. The van der Waals surface area contributed by atoms with Crippen molar-refractivity contribution < 1.29 is 18.7 Å². The summed E-state index contributed by atoms with van der Waals surface area (Å²) < 4.78 is 19.2. The van der Waals surface area contributed by atoms with Crippen LogP contribution in [0, 0.1) is 18.2 Å². The van der Waals surface area contributed by atoms with Crippen molar-refractivity contribution in [1.29, 1.82) is 0 Å². The van der Waals surface area contributed by atoms with E-state index in [0.29, 0.717) is 49.4 Å². The largest absolute Gasteiger partial charge is 0.496 e. The Morgan fingerprint density at radius 1 is 1.12 bits per heavy atom. The van der Waals surface area contributed by atoms with Crippen LogP contribution in [-0.4, -0.2) is 53.7 Å². The first-order valence-electron chi connectivity index (χ1n) is 11.5. The fraction of sp³-hybridized carbons (Fsp3) is 0.346. The van der Waals surface area contributed by atoms with Crippen LogP contribution in [0.4, 0.5) is 10.1 Å². The highest BCUT2D eigenvalue weighted by Gasteiger charge is 2.49. The smallest absolute Gasteiger partial charge is 0.253 e. The van der Waals surface area contributed by atoms with Gasteiger partial charge in [-0.1, -0.05) is 0 Å². The molecule has 3 aromatic rings. The summed E-state index contributed by atoms with van der Waals surface area (Å²) in [6.07, 6.45) is 5.54. The lowest BCUT2D eigenvalue weighted by Gasteiger charge is -2.38. The van der Waals surface area contributed by atoms with Crippen LogP contribution in [0.2, 0.25) is 0 Å². The van der Waals surface area contributed by atoms with E-state index < -0.39 is 5.41 Å². The monoisotopic (exact) mass is 462 g/mol. The van der Waals surface area contributed by atoms with Gasteiger partial charge in [0.15, 0.2) is 0 Å². The number of ether oxygens (including phenoxy) is 1. The molecule has 1 N–H and O–H groups in total. The van der Waals surface area contributed by atoms with Gasteiger partial charge in [0.25, 0.3) is 5.91 Å². The number of aromatic amines is 1. The van der Waals surface area contributed by atoms with Crippen LogP contribution < -0.4 is 9.64 Å². The molecular weight excluding hydrogens is 435 g/mol. The Morgan fingerprint density at radius 3 is 2.56 bits per heavy atom. The molecule has 1 spiro atoms. The van der Waals surface area contributed by atoms with E-state index in [1.807, 2.05) is 23.1 Å². The number of aromatic nitrogens is 2. The molecule has 5 rings (SSSR count). The summed E-state index contributed by atoms with van der Waals surface area (Å²) in [4.78, 5) is 30.1. The normalized spacial score (nSPS) is 17.4. The van der Waals surface area contributed by atoms with Crippen LogP contribution in [0.5, 0.6) is 5.75 Å². The van der Waals surface area contributed by atoms with Crippen LogP contribution >= 0.6 is 0 Å². The van der Waals surface area contributed by atoms with Crippen molar-refractivity contribution in [2.45, 2.75) is 26.2 Å². The molecule has 34 heavy (non-hydrogen) atoms. The maximum Gasteiger partial charge on any atom is 0.253 e. The number of rotatable bonds is 4. The van der Waals surface area contributed by atoms with Gasteiger partial charge in [-0.05, 0) is 62.1 Å². The average molecular weight is 463 g/mol. The van der Waals surface area contributed by atoms with Gasteiger partial charge in [-0.15, -0.1) is 0 Å². The molecule has 2 aliphatic heterocycles. The van der Waals surface area contributed by atoms with Gasteiger partial charge in [0.05, 0.1) is 18.7 Å². The minimum absolute atomic E-state index is 0.107. The summed E-state index contributed by atoms with van der Waals surface area (Å²) in [7, 11) is 1.62. The van der Waals surface area contributed by atoms with E-state index in [2.05, 4.69) is 10.2 Å². The van der Waals surface area contributed by atoms with E-state index >= 15 is 0 Å². The van der Waals surface area contributed by atoms with Crippen molar-refractivity contribution in [2.75, 3.05) is 31.6 Å². The summed E-state index contributed by atoms with van der Waals surface area (Å²) in [5, 5.41) is 6.81. The molecule has 7 nitrogen and oxygen atoms in total. The first-order chi connectivity index (χ1) is 16.4. The molecule has 2 fully saturated rings. The van der Waals surface area contributed by atoms with Gasteiger partial charge >= 0.3 is 0 Å². The number of anilines is 1. The molecule has 0 radical (unpaired) electrons. The van der Waals surface area contributed by atoms with E-state index in [0.717, 1.165) is 23.2 Å². The number of aryl methyl sites for hydroxylation is 1. The minimum Gasteiger partial charge on any atom is -0.496 e. The van der Waals surface area contributed by atoms with E-state index in [4.69, 9.17) is 4.74 Å². The highest BCUT2D eigenvalue weighted by molar-refractivity contribution is 6.01. The zero-order chi connectivity index (χ0) is 23.9. The number of amides is 2. The second-order valence-corrected chi connectivity index (χ2v) is 9.11. The highest BCUT2D eigenvalue weighted by atomic mass is 19.1. The number of carbonyl (C=O) groups excluding carboxylic acids is 2. The number of H-pyrrole nitrogens is 1. The molecule has 1 aromatic heterocycles. The Morgan fingerprint density at radius 2 is 1.88 bits per heavy atom. The van der Waals surface area contributed by atoms with Gasteiger partial charge < -0.3 is 14.5 Å². The summed E-state index contributed by atoms with van der Waals surface area (Å²) in [5.41, 5.74) is 3.12. The summed E-state index contributed by atoms with van der Waals surface area (Å²) in [6, 6.07) is 10.2. The Balaban J connectivity index is 1.30. The third-order valence-electron chi connectivity index (χ3n) is 7.23. The van der Waals surface area contributed by atoms with Crippen molar-refractivity contribution in [3.05, 3.63) is 65.7 Å².